The van der Waals surface area contributed by atoms with Gasteiger partial charge in [0.1, 0.15) is 0 Å². The summed E-state index contributed by atoms with van der Waals surface area (Å²) in [5.74, 6) is -0.889. The third-order valence-electron chi connectivity index (χ3n) is 0.768. The molecule has 0 amide bonds. The molecule has 0 heterocycles. The molecule has 0 unspecified atom stereocenters. The standard InChI is InChI=1S/C7H10O2/c1-2-3-4-5-6-7(8)9/h2-3,5-6H,4H2,1H3,(H,8,9)/b3-2-,6-5+. The van der Waals surface area contributed by atoms with E-state index in [4.69, 9.17) is 5.11 Å². The Balaban J connectivity index is 3.36. The number of rotatable bonds is 3. The zero-order valence-corrected chi connectivity index (χ0v) is 5.37. The first-order valence-corrected chi connectivity index (χ1v) is 2.78. The maximum absolute atomic E-state index is 9.85. The predicted molar refractivity (Wildman–Crippen MR) is 36.2 cm³/mol. The van der Waals surface area contributed by atoms with Crippen LogP contribution in [0.4, 0.5) is 0 Å². The number of aliphatic carboxylic acids is 1. The van der Waals surface area contributed by atoms with E-state index in [1.807, 2.05) is 19.1 Å². The summed E-state index contributed by atoms with van der Waals surface area (Å²) in [6.07, 6.45) is 7.21. The highest BCUT2D eigenvalue weighted by molar-refractivity contribution is 5.79. The lowest BCUT2D eigenvalue weighted by molar-refractivity contribution is -0.131. The number of allylic oxidation sites excluding steroid dienone is 3. The van der Waals surface area contributed by atoms with Gasteiger partial charge in [-0.05, 0) is 13.3 Å². The van der Waals surface area contributed by atoms with Crippen LogP contribution < -0.4 is 0 Å². The van der Waals surface area contributed by atoms with Crippen LogP contribution in [0.1, 0.15) is 13.3 Å². The maximum Gasteiger partial charge on any atom is 0.327 e. The highest BCUT2D eigenvalue weighted by Gasteiger charge is 1.80. The maximum atomic E-state index is 9.85. The van der Waals surface area contributed by atoms with Gasteiger partial charge in [0.05, 0.1) is 0 Å². The molecule has 0 bridgehead atoms. The third kappa shape index (κ3) is 6.95. The first kappa shape index (κ1) is 7.95. The van der Waals surface area contributed by atoms with Crippen molar-refractivity contribution in [2.24, 2.45) is 0 Å². The monoisotopic (exact) mass is 126 g/mol. The van der Waals surface area contributed by atoms with E-state index < -0.39 is 5.97 Å². The molecule has 0 saturated carbocycles. The van der Waals surface area contributed by atoms with Crippen LogP contribution in [0.15, 0.2) is 24.3 Å². The molecule has 50 valence electrons. The Morgan fingerprint density at radius 1 is 1.56 bits per heavy atom. The van der Waals surface area contributed by atoms with Crippen molar-refractivity contribution in [3.63, 3.8) is 0 Å². The lowest BCUT2D eigenvalue weighted by atomic mass is 10.3. The summed E-state index contributed by atoms with van der Waals surface area (Å²) in [7, 11) is 0. The molecule has 0 aromatic carbocycles. The van der Waals surface area contributed by atoms with Crippen molar-refractivity contribution in [3.8, 4) is 0 Å². The molecule has 0 aromatic heterocycles. The van der Waals surface area contributed by atoms with Crippen LogP contribution in [0.2, 0.25) is 0 Å². The van der Waals surface area contributed by atoms with Crippen molar-refractivity contribution in [1.82, 2.24) is 0 Å². The van der Waals surface area contributed by atoms with Crippen molar-refractivity contribution in [2.75, 3.05) is 0 Å². The smallest absolute Gasteiger partial charge is 0.327 e. The van der Waals surface area contributed by atoms with Crippen molar-refractivity contribution in [3.05, 3.63) is 24.3 Å². The molecule has 0 aromatic rings. The number of carboxylic acids is 1. The number of hydrogen-bond donors (Lipinski definition) is 1. The molecular weight excluding hydrogens is 116 g/mol. The number of hydrogen-bond acceptors (Lipinski definition) is 1. The zero-order chi connectivity index (χ0) is 7.11. The predicted octanol–water partition coefficient (Wildman–Crippen LogP) is 1.59. The third-order valence-corrected chi connectivity index (χ3v) is 0.768. The molecule has 0 radical (unpaired) electrons. The molecule has 2 heteroatoms. The summed E-state index contributed by atoms with van der Waals surface area (Å²) >= 11 is 0. The van der Waals surface area contributed by atoms with Gasteiger partial charge in [0, 0.05) is 6.08 Å². The summed E-state index contributed by atoms with van der Waals surface area (Å²) in [6.45, 7) is 1.90. The molecule has 0 fully saturated rings. The molecule has 0 aliphatic rings. The minimum Gasteiger partial charge on any atom is -0.478 e. The van der Waals surface area contributed by atoms with E-state index in [0.29, 0.717) is 6.42 Å². The fourth-order valence-electron chi connectivity index (χ4n) is 0.384. The van der Waals surface area contributed by atoms with E-state index in [1.54, 1.807) is 6.08 Å². The molecule has 9 heavy (non-hydrogen) atoms. The van der Waals surface area contributed by atoms with E-state index in [0.717, 1.165) is 6.08 Å². The van der Waals surface area contributed by atoms with Gasteiger partial charge in [-0.3, -0.25) is 0 Å². The van der Waals surface area contributed by atoms with E-state index >= 15 is 0 Å². The highest BCUT2D eigenvalue weighted by atomic mass is 16.4. The fraction of sp³-hybridized carbons (Fsp3) is 0.286. The van der Waals surface area contributed by atoms with Gasteiger partial charge in [0.15, 0.2) is 0 Å². The summed E-state index contributed by atoms with van der Waals surface area (Å²) in [5.41, 5.74) is 0. The van der Waals surface area contributed by atoms with Crippen molar-refractivity contribution < 1.29 is 9.90 Å². The minimum absolute atomic E-state index is 0.697. The van der Waals surface area contributed by atoms with E-state index in [2.05, 4.69) is 0 Å². The quantitative estimate of drug-likeness (QED) is 0.460. The molecule has 0 atom stereocenters. The van der Waals surface area contributed by atoms with Crippen LogP contribution >= 0.6 is 0 Å². The topological polar surface area (TPSA) is 37.3 Å². The van der Waals surface area contributed by atoms with Gasteiger partial charge in [0.2, 0.25) is 0 Å². The van der Waals surface area contributed by atoms with Crippen LogP contribution in [0.3, 0.4) is 0 Å². The second-order valence-electron chi connectivity index (χ2n) is 1.55. The summed E-state index contributed by atoms with van der Waals surface area (Å²) in [5, 5.41) is 8.10. The fourth-order valence-corrected chi connectivity index (χ4v) is 0.384. The van der Waals surface area contributed by atoms with Gasteiger partial charge in [-0.1, -0.05) is 18.2 Å². The van der Waals surface area contributed by atoms with Crippen LogP contribution in [-0.4, -0.2) is 11.1 Å². The molecule has 0 saturated heterocycles. The molecular formula is C7H10O2. The van der Waals surface area contributed by atoms with Crippen LogP contribution in [0.5, 0.6) is 0 Å². The average molecular weight is 126 g/mol. The van der Waals surface area contributed by atoms with Crippen LogP contribution in [-0.2, 0) is 4.79 Å². The Kier molecular flexibility index (Phi) is 4.50. The van der Waals surface area contributed by atoms with Gasteiger partial charge < -0.3 is 5.11 Å². The Morgan fingerprint density at radius 3 is 2.67 bits per heavy atom. The lowest BCUT2D eigenvalue weighted by Gasteiger charge is -1.77. The van der Waals surface area contributed by atoms with Crippen molar-refractivity contribution >= 4 is 5.97 Å². The van der Waals surface area contributed by atoms with Gasteiger partial charge in [-0.25, -0.2) is 4.79 Å². The van der Waals surface area contributed by atoms with Crippen LogP contribution in [0, 0.1) is 0 Å². The summed E-state index contributed by atoms with van der Waals surface area (Å²) in [4.78, 5) is 9.85. The molecule has 0 aliphatic heterocycles. The summed E-state index contributed by atoms with van der Waals surface area (Å²) < 4.78 is 0. The molecule has 0 rings (SSSR count). The second kappa shape index (κ2) is 5.09. The molecule has 2 nitrogen and oxygen atoms in total. The Labute approximate surface area is 54.5 Å². The Hall–Kier alpha value is -1.05. The second-order valence-corrected chi connectivity index (χ2v) is 1.55. The minimum atomic E-state index is -0.889. The SMILES string of the molecule is C/C=C\C/C=C/C(=O)O. The van der Waals surface area contributed by atoms with E-state index in [-0.39, 0.29) is 0 Å². The Morgan fingerprint density at radius 2 is 2.22 bits per heavy atom. The van der Waals surface area contributed by atoms with Crippen molar-refractivity contribution in [2.45, 2.75) is 13.3 Å². The molecule has 0 aliphatic carbocycles. The zero-order valence-electron chi connectivity index (χ0n) is 5.37. The number of carbonyl (C=O) groups is 1. The van der Waals surface area contributed by atoms with Gasteiger partial charge in [0.25, 0.3) is 0 Å². The normalized spacial score (nSPS) is 11.2. The highest BCUT2D eigenvalue weighted by Crippen LogP contribution is 1.84. The number of carboxylic acid groups (broad SMARTS) is 1. The van der Waals surface area contributed by atoms with Gasteiger partial charge in [-0.2, -0.15) is 0 Å². The summed E-state index contributed by atoms with van der Waals surface area (Å²) in [6, 6.07) is 0. The lowest BCUT2D eigenvalue weighted by Crippen LogP contribution is -1.84. The molecule has 1 N–H and O–H groups in total. The first-order chi connectivity index (χ1) is 4.27. The van der Waals surface area contributed by atoms with Gasteiger partial charge in [-0.15, -0.1) is 0 Å². The van der Waals surface area contributed by atoms with Crippen LogP contribution in [0.25, 0.3) is 0 Å². The largest absolute Gasteiger partial charge is 0.478 e. The first-order valence-electron chi connectivity index (χ1n) is 2.78. The average Bonchev–Trinajstić information content (AvgIpc) is 1.80. The molecule has 0 spiro atoms. The van der Waals surface area contributed by atoms with E-state index in [1.165, 1.54) is 0 Å². The Bertz CT molecular complexity index is 134. The van der Waals surface area contributed by atoms with Gasteiger partial charge >= 0.3 is 5.97 Å². The van der Waals surface area contributed by atoms with E-state index in [9.17, 15) is 4.79 Å². The van der Waals surface area contributed by atoms with Crippen molar-refractivity contribution in [1.29, 1.82) is 0 Å².